The van der Waals surface area contributed by atoms with E-state index < -0.39 is 0 Å². The van der Waals surface area contributed by atoms with Crippen LogP contribution < -0.4 is 5.32 Å². The van der Waals surface area contributed by atoms with Crippen molar-refractivity contribution in [2.24, 2.45) is 0 Å². The van der Waals surface area contributed by atoms with E-state index in [4.69, 9.17) is 0 Å². The molecule has 1 atom stereocenters. The van der Waals surface area contributed by atoms with Crippen LogP contribution in [-0.2, 0) is 0 Å². The number of carbonyl (C=O) groups is 1. The van der Waals surface area contributed by atoms with E-state index in [1.54, 1.807) is 12.4 Å². The third-order valence-corrected chi connectivity index (χ3v) is 4.16. The molecule has 1 aromatic carbocycles. The molecule has 2 rings (SSSR count). The van der Waals surface area contributed by atoms with Crippen LogP contribution in [0, 0.1) is 3.57 Å². The molecule has 2 aromatic rings. The van der Waals surface area contributed by atoms with Crippen LogP contribution in [0.4, 0.5) is 0 Å². The summed E-state index contributed by atoms with van der Waals surface area (Å²) >= 11 is 5.55. The fourth-order valence-electron chi connectivity index (χ4n) is 1.68. The van der Waals surface area contributed by atoms with Crippen LogP contribution in [-0.4, -0.2) is 10.9 Å². The highest BCUT2D eigenvalue weighted by molar-refractivity contribution is 14.1. The van der Waals surface area contributed by atoms with Gasteiger partial charge in [-0.1, -0.05) is 15.9 Å². The predicted molar refractivity (Wildman–Crippen MR) is 87.0 cm³/mol. The number of benzene rings is 1. The van der Waals surface area contributed by atoms with Crippen LogP contribution in [0.25, 0.3) is 0 Å². The molecule has 1 heterocycles. The number of hydrogen-bond donors (Lipinski definition) is 1. The molecule has 98 valence electrons. The van der Waals surface area contributed by atoms with Crippen molar-refractivity contribution in [2.75, 3.05) is 0 Å². The number of nitrogens with zero attached hydrogens (tertiary/aromatic N) is 1. The molecule has 0 spiro atoms. The highest BCUT2D eigenvalue weighted by Gasteiger charge is 2.14. The Morgan fingerprint density at radius 1 is 1.32 bits per heavy atom. The van der Waals surface area contributed by atoms with Crippen molar-refractivity contribution in [2.45, 2.75) is 13.0 Å². The summed E-state index contributed by atoms with van der Waals surface area (Å²) in [6.45, 7) is 1.96. The largest absolute Gasteiger partial charge is 0.345 e. The SMILES string of the molecule is CC(NC(=O)c1cc(Br)ccc1I)c1ccncc1. The minimum Gasteiger partial charge on any atom is -0.345 e. The highest BCUT2D eigenvalue weighted by Crippen LogP contribution is 2.19. The lowest BCUT2D eigenvalue weighted by Crippen LogP contribution is -2.27. The fourth-order valence-corrected chi connectivity index (χ4v) is 2.62. The average molecular weight is 431 g/mol. The molecule has 0 aliphatic carbocycles. The number of amides is 1. The summed E-state index contributed by atoms with van der Waals surface area (Å²) in [5.41, 5.74) is 1.71. The molecule has 0 aliphatic heterocycles. The first-order valence-corrected chi connectivity index (χ1v) is 7.61. The highest BCUT2D eigenvalue weighted by atomic mass is 127. The van der Waals surface area contributed by atoms with Gasteiger partial charge in [0.15, 0.2) is 0 Å². The van der Waals surface area contributed by atoms with Crippen molar-refractivity contribution in [1.82, 2.24) is 10.3 Å². The van der Waals surface area contributed by atoms with Crippen LogP contribution in [0.5, 0.6) is 0 Å². The van der Waals surface area contributed by atoms with Gasteiger partial charge in [-0.05, 0) is 65.4 Å². The Labute approximate surface area is 134 Å². The molecule has 0 saturated carbocycles. The number of carbonyl (C=O) groups excluding carboxylic acids is 1. The quantitative estimate of drug-likeness (QED) is 0.749. The Morgan fingerprint density at radius 2 is 2.00 bits per heavy atom. The van der Waals surface area contributed by atoms with Crippen molar-refractivity contribution in [3.05, 3.63) is 61.9 Å². The van der Waals surface area contributed by atoms with Crippen LogP contribution >= 0.6 is 38.5 Å². The molecule has 3 nitrogen and oxygen atoms in total. The van der Waals surface area contributed by atoms with Gasteiger partial charge in [0.2, 0.25) is 0 Å². The Balaban J connectivity index is 2.15. The lowest BCUT2D eigenvalue weighted by molar-refractivity contribution is 0.0939. The molecule has 0 fully saturated rings. The summed E-state index contributed by atoms with van der Waals surface area (Å²) in [6, 6.07) is 9.41. The third kappa shape index (κ3) is 3.76. The Bertz CT molecular complexity index is 589. The zero-order valence-corrected chi connectivity index (χ0v) is 14.0. The van der Waals surface area contributed by atoms with Crippen molar-refractivity contribution in [3.8, 4) is 0 Å². The van der Waals surface area contributed by atoms with Crippen LogP contribution in [0.1, 0.15) is 28.9 Å². The topological polar surface area (TPSA) is 42.0 Å². The normalized spacial score (nSPS) is 11.9. The van der Waals surface area contributed by atoms with Gasteiger partial charge in [-0.2, -0.15) is 0 Å². The number of nitrogens with one attached hydrogen (secondary N) is 1. The smallest absolute Gasteiger partial charge is 0.252 e. The molecular weight excluding hydrogens is 419 g/mol. The van der Waals surface area contributed by atoms with E-state index >= 15 is 0 Å². The summed E-state index contributed by atoms with van der Waals surface area (Å²) in [6.07, 6.45) is 3.45. The molecule has 1 N–H and O–H groups in total. The number of aromatic nitrogens is 1. The Kier molecular flexibility index (Phi) is 4.93. The van der Waals surface area contributed by atoms with Gasteiger partial charge in [-0.3, -0.25) is 9.78 Å². The van der Waals surface area contributed by atoms with E-state index in [1.165, 1.54) is 0 Å². The maximum absolute atomic E-state index is 12.2. The molecule has 19 heavy (non-hydrogen) atoms. The summed E-state index contributed by atoms with van der Waals surface area (Å²) in [5, 5.41) is 2.99. The van der Waals surface area contributed by atoms with Gasteiger partial charge < -0.3 is 5.32 Å². The number of hydrogen-bond acceptors (Lipinski definition) is 2. The van der Waals surface area contributed by atoms with Crippen molar-refractivity contribution in [1.29, 1.82) is 0 Å². The molecule has 0 bridgehead atoms. The fraction of sp³-hybridized carbons (Fsp3) is 0.143. The van der Waals surface area contributed by atoms with Gasteiger partial charge in [0, 0.05) is 20.4 Å². The minimum absolute atomic E-state index is 0.0507. The van der Waals surface area contributed by atoms with Crippen molar-refractivity contribution in [3.63, 3.8) is 0 Å². The summed E-state index contributed by atoms with van der Waals surface area (Å²) in [5.74, 6) is -0.0741. The zero-order valence-electron chi connectivity index (χ0n) is 10.2. The lowest BCUT2D eigenvalue weighted by atomic mass is 10.1. The first kappa shape index (κ1) is 14.5. The molecule has 0 aliphatic rings. The summed E-state index contributed by atoms with van der Waals surface area (Å²) in [7, 11) is 0. The van der Waals surface area contributed by atoms with E-state index in [9.17, 15) is 4.79 Å². The minimum atomic E-state index is -0.0741. The molecule has 5 heteroatoms. The Morgan fingerprint density at radius 3 is 2.68 bits per heavy atom. The van der Waals surface area contributed by atoms with E-state index in [0.29, 0.717) is 5.56 Å². The van der Waals surface area contributed by atoms with E-state index in [1.807, 2.05) is 37.3 Å². The van der Waals surface area contributed by atoms with Crippen LogP contribution in [0.15, 0.2) is 47.2 Å². The standard InChI is InChI=1S/C14H12BrIN2O/c1-9(10-4-6-17-7-5-10)18-14(19)12-8-11(15)2-3-13(12)16/h2-9H,1H3,(H,18,19). The van der Waals surface area contributed by atoms with E-state index in [2.05, 4.69) is 48.8 Å². The summed E-state index contributed by atoms with van der Waals surface area (Å²) < 4.78 is 1.83. The first-order chi connectivity index (χ1) is 9.08. The number of rotatable bonds is 3. The average Bonchev–Trinajstić information content (AvgIpc) is 2.42. The van der Waals surface area contributed by atoms with E-state index in [-0.39, 0.29) is 11.9 Å². The molecule has 0 radical (unpaired) electrons. The van der Waals surface area contributed by atoms with Crippen molar-refractivity contribution < 1.29 is 4.79 Å². The van der Waals surface area contributed by atoms with E-state index in [0.717, 1.165) is 13.6 Å². The maximum Gasteiger partial charge on any atom is 0.252 e. The second kappa shape index (κ2) is 6.47. The monoisotopic (exact) mass is 430 g/mol. The number of halogens is 2. The van der Waals surface area contributed by atoms with Gasteiger partial charge in [0.05, 0.1) is 11.6 Å². The third-order valence-electron chi connectivity index (χ3n) is 2.73. The van der Waals surface area contributed by atoms with Gasteiger partial charge in [-0.25, -0.2) is 0 Å². The predicted octanol–water partition coefficient (Wildman–Crippen LogP) is 3.94. The first-order valence-electron chi connectivity index (χ1n) is 5.74. The van der Waals surface area contributed by atoms with Crippen LogP contribution in [0.3, 0.4) is 0 Å². The maximum atomic E-state index is 12.2. The summed E-state index contributed by atoms with van der Waals surface area (Å²) in [4.78, 5) is 16.2. The van der Waals surface area contributed by atoms with Crippen molar-refractivity contribution >= 4 is 44.4 Å². The van der Waals surface area contributed by atoms with Crippen LogP contribution in [0.2, 0.25) is 0 Å². The van der Waals surface area contributed by atoms with Gasteiger partial charge >= 0.3 is 0 Å². The second-order valence-electron chi connectivity index (χ2n) is 4.10. The zero-order chi connectivity index (χ0) is 13.8. The lowest BCUT2D eigenvalue weighted by Gasteiger charge is -2.15. The second-order valence-corrected chi connectivity index (χ2v) is 6.18. The molecule has 1 aromatic heterocycles. The van der Waals surface area contributed by atoms with Gasteiger partial charge in [0.25, 0.3) is 5.91 Å². The molecule has 1 unspecified atom stereocenters. The molecular formula is C14H12BrIN2O. The Hall–Kier alpha value is -0.950. The molecule has 1 amide bonds. The van der Waals surface area contributed by atoms with Gasteiger partial charge in [0.1, 0.15) is 0 Å². The number of pyridine rings is 1. The molecule has 0 saturated heterocycles. The van der Waals surface area contributed by atoms with Gasteiger partial charge in [-0.15, -0.1) is 0 Å².